The predicted molar refractivity (Wildman–Crippen MR) is 114 cm³/mol. The largest absolute Gasteiger partial charge is 0.490 e. The number of halogens is 3. The molecule has 0 bridgehead atoms. The van der Waals surface area contributed by atoms with Crippen molar-refractivity contribution >= 4 is 29.2 Å². The predicted octanol–water partition coefficient (Wildman–Crippen LogP) is 4.82. The van der Waals surface area contributed by atoms with Crippen LogP contribution < -0.4 is 10.2 Å². The van der Waals surface area contributed by atoms with Crippen LogP contribution in [0.2, 0.25) is 0 Å². The van der Waals surface area contributed by atoms with E-state index in [9.17, 15) is 27.9 Å². The number of carbonyl (C=O) groups excluding carboxylic acids is 1. The highest BCUT2D eigenvalue weighted by molar-refractivity contribution is 6.08. The Labute approximate surface area is 183 Å². The Morgan fingerprint density at radius 3 is 2.12 bits per heavy atom. The number of carboxylic acid groups (broad SMARTS) is 2. The van der Waals surface area contributed by atoms with Gasteiger partial charge in [-0.1, -0.05) is 31.5 Å². The average Bonchev–Trinajstić information content (AvgIpc) is 2.72. The number of carboxylic acids is 2. The van der Waals surface area contributed by atoms with E-state index in [0.717, 1.165) is 30.6 Å². The van der Waals surface area contributed by atoms with Crippen molar-refractivity contribution in [1.29, 1.82) is 0 Å². The highest BCUT2D eigenvalue weighted by atomic mass is 19.4. The SMILES string of the molecule is CCCCN(C)c1ccc(NC(=O)c2ccccc2C)c(C(=O)O)c1.O=C(O)C(F)(F)F. The number of nitrogens with one attached hydrogen (secondary N) is 1. The summed E-state index contributed by atoms with van der Waals surface area (Å²) in [6.45, 7) is 4.81. The van der Waals surface area contributed by atoms with Crippen LogP contribution in [-0.2, 0) is 4.79 Å². The molecule has 0 heterocycles. The molecule has 0 atom stereocenters. The number of nitrogens with zero attached hydrogens (tertiary/aromatic N) is 1. The molecule has 32 heavy (non-hydrogen) atoms. The number of rotatable bonds is 7. The summed E-state index contributed by atoms with van der Waals surface area (Å²) in [5.74, 6) is -4.13. The van der Waals surface area contributed by atoms with Gasteiger partial charge in [-0.05, 0) is 43.2 Å². The van der Waals surface area contributed by atoms with Gasteiger partial charge >= 0.3 is 18.1 Å². The van der Waals surface area contributed by atoms with Crippen molar-refractivity contribution in [2.24, 2.45) is 0 Å². The number of aromatic carboxylic acids is 1. The maximum Gasteiger partial charge on any atom is 0.490 e. The Bertz CT molecular complexity index is 961. The van der Waals surface area contributed by atoms with Crippen LogP contribution in [0.25, 0.3) is 0 Å². The van der Waals surface area contributed by atoms with Crippen LogP contribution in [0.5, 0.6) is 0 Å². The number of unbranched alkanes of at least 4 members (excludes halogenated alkanes) is 1. The lowest BCUT2D eigenvalue weighted by molar-refractivity contribution is -0.192. The lowest BCUT2D eigenvalue weighted by Gasteiger charge is -2.20. The number of carbonyl (C=O) groups is 3. The fourth-order valence-electron chi connectivity index (χ4n) is 2.60. The zero-order valence-corrected chi connectivity index (χ0v) is 17.9. The van der Waals surface area contributed by atoms with Crippen molar-refractivity contribution in [2.45, 2.75) is 32.9 Å². The molecular formula is C22H25F3N2O5. The molecule has 0 spiro atoms. The standard InChI is InChI=1S/C20H24N2O3.C2HF3O2/c1-4-5-12-22(3)15-10-11-18(17(13-15)20(24)25)21-19(23)16-9-7-6-8-14(16)2;3-2(4,5)1(6)7/h6-11,13H,4-5,12H2,1-3H3,(H,21,23)(H,24,25);(H,6,7). The van der Waals surface area contributed by atoms with Gasteiger partial charge in [0.1, 0.15) is 0 Å². The summed E-state index contributed by atoms with van der Waals surface area (Å²) in [7, 11) is 1.93. The minimum atomic E-state index is -5.08. The van der Waals surface area contributed by atoms with Crippen LogP contribution in [-0.4, -0.2) is 47.8 Å². The minimum Gasteiger partial charge on any atom is -0.478 e. The summed E-state index contributed by atoms with van der Waals surface area (Å²) in [5.41, 5.74) is 2.58. The van der Waals surface area contributed by atoms with Gasteiger partial charge in [0.25, 0.3) is 5.91 Å². The molecule has 2 aromatic carbocycles. The van der Waals surface area contributed by atoms with Gasteiger partial charge in [-0.25, -0.2) is 9.59 Å². The monoisotopic (exact) mass is 454 g/mol. The summed E-state index contributed by atoms with van der Waals surface area (Å²) in [6.07, 6.45) is -2.98. The lowest BCUT2D eigenvalue weighted by Crippen LogP contribution is -2.21. The Morgan fingerprint density at radius 2 is 1.62 bits per heavy atom. The molecule has 7 nitrogen and oxygen atoms in total. The highest BCUT2D eigenvalue weighted by Crippen LogP contribution is 2.24. The van der Waals surface area contributed by atoms with Crippen molar-refractivity contribution < 1.29 is 37.8 Å². The lowest BCUT2D eigenvalue weighted by atomic mass is 10.1. The second kappa shape index (κ2) is 11.7. The first-order valence-electron chi connectivity index (χ1n) is 9.64. The van der Waals surface area contributed by atoms with E-state index in [4.69, 9.17) is 9.90 Å². The van der Waals surface area contributed by atoms with Crippen LogP contribution >= 0.6 is 0 Å². The van der Waals surface area contributed by atoms with Gasteiger partial charge in [0, 0.05) is 24.8 Å². The summed E-state index contributed by atoms with van der Waals surface area (Å²) in [4.78, 5) is 35.0. The molecular weight excluding hydrogens is 429 g/mol. The molecule has 0 aliphatic heterocycles. The summed E-state index contributed by atoms with van der Waals surface area (Å²) in [5, 5.41) is 19.4. The van der Waals surface area contributed by atoms with E-state index in [1.54, 1.807) is 24.3 Å². The molecule has 0 fully saturated rings. The van der Waals surface area contributed by atoms with E-state index < -0.39 is 18.1 Å². The zero-order chi connectivity index (χ0) is 24.5. The number of hydrogen-bond donors (Lipinski definition) is 3. The molecule has 0 saturated carbocycles. The highest BCUT2D eigenvalue weighted by Gasteiger charge is 2.38. The quantitative estimate of drug-likeness (QED) is 0.554. The minimum absolute atomic E-state index is 0.0859. The van der Waals surface area contributed by atoms with Gasteiger partial charge in [-0.3, -0.25) is 4.79 Å². The number of aliphatic carboxylic acids is 1. The Morgan fingerprint density at radius 1 is 1.03 bits per heavy atom. The topological polar surface area (TPSA) is 107 Å². The smallest absolute Gasteiger partial charge is 0.478 e. The molecule has 2 rings (SSSR count). The molecule has 0 aliphatic carbocycles. The number of anilines is 2. The Hall–Kier alpha value is -3.56. The van der Waals surface area contributed by atoms with Crippen molar-refractivity contribution in [2.75, 3.05) is 23.8 Å². The Kier molecular flexibility index (Phi) is 9.70. The van der Waals surface area contributed by atoms with Gasteiger partial charge < -0.3 is 20.4 Å². The summed E-state index contributed by atoms with van der Waals surface area (Å²) < 4.78 is 31.7. The van der Waals surface area contributed by atoms with Gasteiger partial charge in [0.2, 0.25) is 0 Å². The van der Waals surface area contributed by atoms with Crippen molar-refractivity contribution in [3.05, 3.63) is 59.2 Å². The molecule has 2 aromatic rings. The third kappa shape index (κ3) is 7.93. The second-order valence-electron chi connectivity index (χ2n) is 6.88. The van der Waals surface area contributed by atoms with Crippen LogP contribution in [0, 0.1) is 6.92 Å². The molecule has 10 heteroatoms. The van der Waals surface area contributed by atoms with Gasteiger partial charge in [0.05, 0.1) is 11.3 Å². The van der Waals surface area contributed by atoms with Gasteiger partial charge in [-0.15, -0.1) is 0 Å². The molecule has 3 N–H and O–H groups in total. The van der Waals surface area contributed by atoms with E-state index in [2.05, 4.69) is 12.2 Å². The van der Waals surface area contributed by atoms with E-state index in [0.29, 0.717) is 11.3 Å². The molecule has 0 unspecified atom stereocenters. The number of benzene rings is 2. The average molecular weight is 454 g/mol. The Balaban J connectivity index is 0.000000633. The normalized spacial score (nSPS) is 10.6. The van der Waals surface area contributed by atoms with Crippen LogP contribution in [0.4, 0.5) is 24.5 Å². The van der Waals surface area contributed by atoms with E-state index in [1.807, 2.05) is 37.1 Å². The maximum absolute atomic E-state index is 12.5. The second-order valence-corrected chi connectivity index (χ2v) is 6.88. The zero-order valence-electron chi connectivity index (χ0n) is 17.9. The number of alkyl halides is 3. The number of hydrogen-bond acceptors (Lipinski definition) is 4. The van der Waals surface area contributed by atoms with Crippen molar-refractivity contribution in [3.63, 3.8) is 0 Å². The first kappa shape index (κ1) is 26.5. The van der Waals surface area contributed by atoms with Crippen LogP contribution in [0.1, 0.15) is 46.0 Å². The van der Waals surface area contributed by atoms with Crippen molar-refractivity contribution in [1.82, 2.24) is 0 Å². The number of aryl methyl sites for hydroxylation is 1. The molecule has 0 radical (unpaired) electrons. The third-order valence-corrected chi connectivity index (χ3v) is 4.40. The number of amides is 1. The summed E-state index contributed by atoms with van der Waals surface area (Å²) in [6, 6.07) is 12.3. The van der Waals surface area contributed by atoms with Crippen molar-refractivity contribution in [3.8, 4) is 0 Å². The van der Waals surface area contributed by atoms with E-state index in [1.165, 1.54) is 0 Å². The molecule has 0 aliphatic rings. The fourth-order valence-corrected chi connectivity index (χ4v) is 2.60. The van der Waals surface area contributed by atoms with E-state index >= 15 is 0 Å². The molecule has 0 saturated heterocycles. The first-order valence-corrected chi connectivity index (χ1v) is 9.64. The van der Waals surface area contributed by atoms with Crippen LogP contribution in [0.15, 0.2) is 42.5 Å². The fraction of sp³-hybridized carbons (Fsp3) is 0.318. The maximum atomic E-state index is 12.5. The molecule has 0 aromatic heterocycles. The third-order valence-electron chi connectivity index (χ3n) is 4.40. The molecule has 1 amide bonds. The summed E-state index contributed by atoms with van der Waals surface area (Å²) >= 11 is 0. The molecule has 174 valence electrons. The van der Waals surface area contributed by atoms with Crippen LogP contribution in [0.3, 0.4) is 0 Å². The van der Waals surface area contributed by atoms with Gasteiger partial charge in [0.15, 0.2) is 0 Å². The van der Waals surface area contributed by atoms with E-state index in [-0.39, 0.29) is 11.5 Å². The van der Waals surface area contributed by atoms with Gasteiger partial charge in [-0.2, -0.15) is 13.2 Å². The first-order chi connectivity index (χ1) is 14.9.